The molecule has 9 nitrogen and oxygen atoms in total. The van der Waals surface area contributed by atoms with Crippen LogP contribution in [-0.4, -0.2) is 62.1 Å². The van der Waals surface area contributed by atoms with Crippen LogP contribution in [-0.2, 0) is 13.0 Å². The molecule has 2 aromatic heterocycles. The number of fused-ring (bicyclic) bond motifs is 2. The summed E-state index contributed by atoms with van der Waals surface area (Å²) in [6.07, 6.45) is 0.306. The van der Waals surface area contributed by atoms with Crippen molar-refractivity contribution in [2.45, 2.75) is 39.3 Å². The fraction of sp³-hybridized carbons (Fsp3) is 0.476. The van der Waals surface area contributed by atoms with Gasteiger partial charge in [0, 0.05) is 42.3 Å². The van der Waals surface area contributed by atoms with E-state index in [1.807, 2.05) is 16.7 Å². The maximum atomic E-state index is 14.0. The third kappa shape index (κ3) is 4.74. The molecule has 0 spiro atoms. The number of ether oxygens (including phenoxy) is 2. The van der Waals surface area contributed by atoms with Gasteiger partial charge in [0.15, 0.2) is 28.5 Å². The standard InChI is InChI=1S/C21H26FIN6O3/c1-12(2)28(4-3-7-30)5-6-29-17(25-18-19(24)26-21(22)27-20(18)29)9-13-8-15-16(10-14(13)23)32-11-31-15/h8,10,12,30H,3-7,9,11H2,1-2H3,(H2,24,26,27). The number of anilines is 1. The maximum Gasteiger partial charge on any atom is 0.312 e. The highest BCUT2D eigenvalue weighted by Gasteiger charge is 2.21. The Balaban J connectivity index is 1.70. The molecule has 0 aliphatic carbocycles. The fourth-order valence-electron chi connectivity index (χ4n) is 3.80. The zero-order valence-corrected chi connectivity index (χ0v) is 20.2. The van der Waals surface area contributed by atoms with E-state index in [2.05, 4.69) is 56.3 Å². The van der Waals surface area contributed by atoms with Gasteiger partial charge in [-0.05, 0) is 60.6 Å². The number of nitrogen functional groups attached to an aromatic ring is 1. The SMILES string of the molecule is CC(C)N(CCCO)CCn1c(Cc2cc3c(cc2I)OCO3)nc2c(N)nc(F)nc21. The van der Waals surface area contributed by atoms with E-state index in [1.54, 1.807) is 0 Å². The predicted molar refractivity (Wildman–Crippen MR) is 126 cm³/mol. The molecule has 0 atom stereocenters. The number of hydrogen-bond acceptors (Lipinski definition) is 8. The molecule has 0 saturated heterocycles. The van der Waals surface area contributed by atoms with Gasteiger partial charge in [0.25, 0.3) is 0 Å². The van der Waals surface area contributed by atoms with Crippen LogP contribution in [0.25, 0.3) is 11.2 Å². The Labute approximate surface area is 198 Å². The van der Waals surface area contributed by atoms with Crippen molar-refractivity contribution < 1.29 is 19.0 Å². The van der Waals surface area contributed by atoms with Gasteiger partial charge in [0.1, 0.15) is 5.82 Å². The minimum atomic E-state index is -0.874. The molecule has 0 unspecified atom stereocenters. The van der Waals surface area contributed by atoms with Gasteiger partial charge in [-0.25, -0.2) is 4.98 Å². The summed E-state index contributed by atoms with van der Waals surface area (Å²) in [6, 6.07) is 4.19. The van der Waals surface area contributed by atoms with Gasteiger partial charge in [0.2, 0.25) is 6.79 Å². The Morgan fingerprint density at radius 2 is 1.97 bits per heavy atom. The van der Waals surface area contributed by atoms with Crippen LogP contribution >= 0.6 is 22.6 Å². The van der Waals surface area contributed by atoms with Gasteiger partial charge in [-0.2, -0.15) is 14.4 Å². The Morgan fingerprint density at radius 3 is 2.69 bits per heavy atom. The molecule has 3 N–H and O–H groups in total. The second kappa shape index (κ2) is 9.71. The van der Waals surface area contributed by atoms with Crippen molar-refractivity contribution in [3.63, 3.8) is 0 Å². The Morgan fingerprint density at radius 1 is 1.22 bits per heavy atom. The number of nitrogens with two attached hydrogens (primary N) is 1. The normalized spacial score (nSPS) is 13.1. The van der Waals surface area contributed by atoms with Gasteiger partial charge in [0.05, 0.1) is 0 Å². The summed E-state index contributed by atoms with van der Waals surface area (Å²) in [6.45, 7) is 6.57. The first kappa shape index (κ1) is 22.9. The van der Waals surface area contributed by atoms with Crippen molar-refractivity contribution in [3.8, 4) is 11.5 Å². The summed E-state index contributed by atoms with van der Waals surface area (Å²) < 4.78 is 27.9. The van der Waals surface area contributed by atoms with E-state index >= 15 is 0 Å². The van der Waals surface area contributed by atoms with Crippen LogP contribution in [0.5, 0.6) is 11.5 Å². The van der Waals surface area contributed by atoms with Crippen LogP contribution in [0.15, 0.2) is 12.1 Å². The fourth-order valence-corrected chi connectivity index (χ4v) is 4.43. The molecule has 1 aliphatic heterocycles. The van der Waals surface area contributed by atoms with E-state index in [0.717, 1.165) is 21.4 Å². The molecule has 0 saturated carbocycles. The van der Waals surface area contributed by atoms with Crippen molar-refractivity contribution >= 4 is 39.6 Å². The number of rotatable bonds is 9. The lowest BCUT2D eigenvalue weighted by Gasteiger charge is -2.26. The van der Waals surface area contributed by atoms with E-state index in [0.29, 0.717) is 54.7 Å². The molecular weight excluding hydrogens is 530 g/mol. The van der Waals surface area contributed by atoms with Crippen molar-refractivity contribution in [2.24, 2.45) is 0 Å². The van der Waals surface area contributed by atoms with E-state index in [-0.39, 0.29) is 19.2 Å². The Bertz CT molecular complexity index is 1120. The molecule has 4 rings (SSSR count). The molecule has 0 amide bonds. The Kier molecular flexibility index (Phi) is 6.96. The summed E-state index contributed by atoms with van der Waals surface area (Å²) in [5.74, 6) is 2.16. The first-order chi connectivity index (χ1) is 15.4. The van der Waals surface area contributed by atoms with Gasteiger partial charge in [-0.1, -0.05) is 0 Å². The molecule has 3 heterocycles. The number of nitrogens with zero attached hydrogens (tertiary/aromatic N) is 5. The molecule has 0 bridgehead atoms. The second-order valence-electron chi connectivity index (χ2n) is 7.91. The number of benzene rings is 1. The summed E-state index contributed by atoms with van der Waals surface area (Å²) in [7, 11) is 0. The molecule has 0 radical (unpaired) electrons. The molecule has 1 aromatic carbocycles. The third-order valence-electron chi connectivity index (χ3n) is 5.51. The monoisotopic (exact) mass is 556 g/mol. The van der Waals surface area contributed by atoms with Gasteiger partial charge >= 0.3 is 6.08 Å². The number of halogens is 2. The number of hydrogen-bond donors (Lipinski definition) is 2. The summed E-state index contributed by atoms with van der Waals surface area (Å²) in [5, 5.41) is 9.22. The topological polar surface area (TPSA) is 112 Å². The van der Waals surface area contributed by atoms with Crippen LogP contribution < -0.4 is 15.2 Å². The third-order valence-corrected chi connectivity index (χ3v) is 6.51. The number of aliphatic hydroxyl groups is 1. The zero-order chi connectivity index (χ0) is 22.8. The highest BCUT2D eigenvalue weighted by atomic mass is 127. The first-order valence-electron chi connectivity index (χ1n) is 10.5. The van der Waals surface area contributed by atoms with Crippen molar-refractivity contribution in [3.05, 3.63) is 33.2 Å². The van der Waals surface area contributed by atoms with E-state index in [1.165, 1.54) is 0 Å². The number of aromatic nitrogens is 4. The lowest BCUT2D eigenvalue weighted by molar-refractivity contribution is 0.174. The minimum Gasteiger partial charge on any atom is -0.454 e. The average molecular weight is 556 g/mol. The van der Waals surface area contributed by atoms with E-state index < -0.39 is 6.08 Å². The lowest BCUT2D eigenvalue weighted by Crippen LogP contribution is -2.35. The van der Waals surface area contributed by atoms with Crippen LogP contribution in [0.2, 0.25) is 0 Å². The van der Waals surface area contributed by atoms with E-state index in [9.17, 15) is 9.50 Å². The predicted octanol–water partition coefficient (Wildman–Crippen LogP) is 2.56. The molecule has 0 fully saturated rings. The zero-order valence-electron chi connectivity index (χ0n) is 18.0. The van der Waals surface area contributed by atoms with Crippen LogP contribution in [0.4, 0.5) is 10.2 Å². The van der Waals surface area contributed by atoms with Crippen LogP contribution in [0.1, 0.15) is 31.7 Å². The van der Waals surface area contributed by atoms with Gasteiger partial charge in [-0.3, -0.25) is 4.90 Å². The van der Waals surface area contributed by atoms with Gasteiger partial charge in [-0.15, -0.1) is 0 Å². The molecule has 1 aliphatic rings. The highest BCUT2D eigenvalue weighted by molar-refractivity contribution is 14.1. The molecule has 32 heavy (non-hydrogen) atoms. The smallest absolute Gasteiger partial charge is 0.312 e. The molecular formula is C21H26FIN6O3. The summed E-state index contributed by atoms with van der Waals surface area (Å²) >= 11 is 2.26. The van der Waals surface area contributed by atoms with Crippen molar-refractivity contribution in [1.29, 1.82) is 0 Å². The molecule has 3 aromatic rings. The van der Waals surface area contributed by atoms with E-state index in [4.69, 9.17) is 15.2 Å². The quantitative estimate of drug-likeness (QED) is 0.306. The maximum absolute atomic E-state index is 14.0. The second-order valence-corrected chi connectivity index (χ2v) is 9.07. The highest BCUT2D eigenvalue weighted by Crippen LogP contribution is 2.36. The largest absolute Gasteiger partial charge is 0.454 e. The number of imidazole rings is 1. The Hall–Kier alpha value is -2.25. The first-order valence-corrected chi connectivity index (χ1v) is 11.6. The lowest BCUT2D eigenvalue weighted by atomic mass is 10.1. The molecule has 11 heteroatoms. The van der Waals surface area contributed by atoms with Gasteiger partial charge < -0.3 is 24.9 Å². The molecule has 172 valence electrons. The minimum absolute atomic E-state index is 0.0221. The number of aliphatic hydroxyl groups excluding tert-OH is 1. The van der Waals surface area contributed by atoms with Crippen LogP contribution in [0.3, 0.4) is 0 Å². The van der Waals surface area contributed by atoms with Crippen molar-refractivity contribution in [1.82, 2.24) is 24.4 Å². The summed E-state index contributed by atoms with van der Waals surface area (Å²) in [5.41, 5.74) is 7.75. The van der Waals surface area contributed by atoms with Crippen LogP contribution in [0, 0.1) is 9.65 Å². The summed E-state index contributed by atoms with van der Waals surface area (Å²) in [4.78, 5) is 14.6. The average Bonchev–Trinajstić information content (AvgIpc) is 3.32. The van der Waals surface area contributed by atoms with Crippen molar-refractivity contribution in [2.75, 3.05) is 32.2 Å².